The Bertz CT molecular complexity index is 398. The van der Waals surface area contributed by atoms with Crippen LogP contribution in [0.4, 0.5) is 0 Å². The first-order chi connectivity index (χ1) is 6.65. The number of hydrogen-bond acceptors (Lipinski definition) is 4. The molecule has 4 nitrogen and oxygen atoms in total. The first-order valence-electron chi connectivity index (χ1n) is 3.79. The van der Waals surface area contributed by atoms with E-state index in [1.807, 2.05) is 6.07 Å². The maximum atomic E-state index is 10.9. The second-order valence-electron chi connectivity index (χ2n) is 2.53. The number of pyridine rings is 1. The predicted molar refractivity (Wildman–Crippen MR) is 49.7 cm³/mol. The fraction of sp³-hybridized carbons (Fsp3) is 0.222. The lowest BCUT2D eigenvalue weighted by Crippen LogP contribution is -2.06. The van der Waals surface area contributed by atoms with E-state index in [2.05, 4.69) is 9.72 Å². The molecule has 1 aromatic rings. The van der Waals surface area contributed by atoms with E-state index in [9.17, 15) is 4.79 Å². The number of hydrogen-bond donors (Lipinski definition) is 0. The third-order valence-corrected chi connectivity index (χ3v) is 1.72. The maximum Gasteiger partial charge on any atom is 0.311 e. The van der Waals surface area contributed by atoms with Crippen molar-refractivity contribution in [2.45, 2.75) is 6.42 Å². The van der Waals surface area contributed by atoms with Gasteiger partial charge in [0.1, 0.15) is 5.15 Å². The molecule has 0 amide bonds. The fourth-order valence-corrected chi connectivity index (χ4v) is 1.15. The van der Waals surface area contributed by atoms with Gasteiger partial charge < -0.3 is 4.74 Å². The summed E-state index contributed by atoms with van der Waals surface area (Å²) < 4.78 is 4.46. The van der Waals surface area contributed by atoms with Gasteiger partial charge in [0.25, 0.3) is 0 Å². The summed E-state index contributed by atoms with van der Waals surface area (Å²) in [7, 11) is 1.29. The van der Waals surface area contributed by atoms with Crippen molar-refractivity contribution in [3.63, 3.8) is 0 Å². The van der Waals surface area contributed by atoms with Crippen LogP contribution in [-0.2, 0) is 16.0 Å². The normalized spacial score (nSPS) is 9.21. The van der Waals surface area contributed by atoms with Gasteiger partial charge in [-0.1, -0.05) is 11.6 Å². The van der Waals surface area contributed by atoms with Crippen molar-refractivity contribution in [3.8, 4) is 6.07 Å². The van der Waals surface area contributed by atoms with Crippen molar-refractivity contribution in [2.24, 2.45) is 0 Å². The monoisotopic (exact) mass is 210 g/mol. The van der Waals surface area contributed by atoms with Crippen LogP contribution in [0.3, 0.4) is 0 Å². The minimum atomic E-state index is -0.413. The Balaban J connectivity index is 2.93. The second kappa shape index (κ2) is 4.58. The van der Waals surface area contributed by atoms with Gasteiger partial charge in [0.05, 0.1) is 30.9 Å². The van der Waals surface area contributed by atoms with Gasteiger partial charge in [0, 0.05) is 0 Å². The standard InChI is InChI=1S/C9H7ClN2O2/c1-14-9(13)4-7-2-6(5-11)3-8(10)12-7/h2-3H,4H2,1H3. The number of aromatic nitrogens is 1. The first kappa shape index (κ1) is 10.5. The number of esters is 1. The summed E-state index contributed by atoms with van der Waals surface area (Å²) in [5.74, 6) is -0.413. The summed E-state index contributed by atoms with van der Waals surface area (Å²) >= 11 is 5.64. The van der Waals surface area contributed by atoms with Crippen LogP contribution in [0.2, 0.25) is 5.15 Å². The molecule has 14 heavy (non-hydrogen) atoms. The third-order valence-electron chi connectivity index (χ3n) is 1.53. The highest BCUT2D eigenvalue weighted by Crippen LogP contribution is 2.10. The topological polar surface area (TPSA) is 63.0 Å². The number of carbonyl (C=O) groups is 1. The zero-order valence-electron chi connectivity index (χ0n) is 7.45. The van der Waals surface area contributed by atoms with Crippen molar-refractivity contribution in [1.82, 2.24) is 4.98 Å². The summed E-state index contributed by atoms with van der Waals surface area (Å²) in [6, 6.07) is 4.86. The van der Waals surface area contributed by atoms with E-state index in [1.54, 1.807) is 0 Å². The SMILES string of the molecule is COC(=O)Cc1cc(C#N)cc(Cl)n1. The lowest BCUT2D eigenvalue weighted by Gasteiger charge is -2.00. The molecule has 0 aliphatic heterocycles. The molecule has 1 rings (SSSR count). The van der Waals surface area contributed by atoms with E-state index in [0.29, 0.717) is 11.3 Å². The summed E-state index contributed by atoms with van der Waals surface area (Å²) in [4.78, 5) is 14.8. The molecule has 0 aromatic carbocycles. The molecule has 0 aliphatic carbocycles. The van der Waals surface area contributed by atoms with Gasteiger partial charge in [-0.25, -0.2) is 4.98 Å². The fourth-order valence-electron chi connectivity index (χ4n) is 0.926. The van der Waals surface area contributed by atoms with Crippen LogP contribution < -0.4 is 0 Å². The van der Waals surface area contributed by atoms with E-state index >= 15 is 0 Å². The number of nitriles is 1. The Labute approximate surface area is 86.1 Å². The Hall–Kier alpha value is -1.60. The highest BCUT2D eigenvalue weighted by molar-refractivity contribution is 6.29. The summed E-state index contributed by atoms with van der Waals surface area (Å²) in [5.41, 5.74) is 0.810. The van der Waals surface area contributed by atoms with E-state index in [-0.39, 0.29) is 11.6 Å². The number of methoxy groups -OCH3 is 1. The lowest BCUT2D eigenvalue weighted by atomic mass is 10.2. The molecular weight excluding hydrogens is 204 g/mol. The smallest absolute Gasteiger partial charge is 0.311 e. The van der Waals surface area contributed by atoms with Crippen LogP contribution in [0.15, 0.2) is 12.1 Å². The van der Waals surface area contributed by atoms with Gasteiger partial charge >= 0.3 is 5.97 Å². The summed E-state index contributed by atoms with van der Waals surface area (Å²) in [6.45, 7) is 0. The number of ether oxygens (including phenoxy) is 1. The third kappa shape index (κ3) is 2.71. The molecule has 0 saturated carbocycles. The molecule has 0 saturated heterocycles. The van der Waals surface area contributed by atoms with Crippen LogP contribution in [0.1, 0.15) is 11.3 Å². The van der Waals surface area contributed by atoms with Crippen molar-refractivity contribution < 1.29 is 9.53 Å². The summed E-state index contributed by atoms with van der Waals surface area (Å²) in [6.07, 6.45) is 0.0196. The quantitative estimate of drug-likeness (QED) is 0.546. The van der Waals surface area contributed by atoms with E-state index in [0.717, 1.165) is 0 Å². The van der Waals surface area contributed by atoms with Crippen molar-refractivity contribution in [1.29, 1.82) is 5.26 Å². The second-order valence-corrected chi connectivity index (χ2v) is 2.92. The zero-order valence-corrected chi connectivity index (χ0v) is 8.21. The molecule has 0 aliphatic rings. The average Bonchev–Trinajstić information content (AvgIpc) is 2.16. The van der Waals surface area contributed by atoms with Crippen LogP contribution in [-0.4, -0.2) is 18.1 Å². The number of nitrogens with zero attached hydrogens (tertiary/aromatic N) is 2. The zero-order chi connectivity index (χ0) is 10.6. The minimum absolute atomic E-state index is 0.0196. The number of rotatable bonds is 2. The van der Waals surface area contributed by atoms with Gasteiger partial charge in [-0.3, -0.25) is 4.79 Å². The molecular formula is C9H7ClN2O2. The molecule has 0 radical (unpaired) electrons. The molecule has 72 valence electrons. The molecule has 1 aromatic heterocycles. The molecule has 0 fully saturated rings. The number of halogens is 1. The van der Waals surface area contributed by atoms with Crippen LogP contribution >= 0.6 is 11.6 Å². The molecule has 0 atom stereocenters. The largest absolute Gasteiger partial charge is 0.469 e. The van der Waals surface area contributed by atoms with E-state index < -0.39 is 5.97 Å². The van der Waals surface area contributed by atoms with Crippen molar-refractivity contribution >= 4 is 17.6 Å². The van der Waals surface area contributed by atoms with Crippen LogP contribution in [0, 0.1) is 11.3 Å². The van der Waals surface area contributed by atoms with Crippen molar-refractivity contribution in [3.05, 3.63) is 28.5 Å². The Morgan fingerprint density at radius 2 is 2.43 bits per heavy atom. The van der Waals surface area contributed by atoms with Gasteiger partial charge in [-0.05, 0) is 12.1 Å². The predicted octanol–water partition coefficient (Wildman–Crippen LogP) is 1.32. The summed E-state index contributed by atoms with van der Waals surface area (Å²) in [5, 5.41) is 8.82. The first-order valence-corrected chi connectivity index (χ1v) is 4.17. The molecule has 5 heteroatoms. The lowest BCUT2D eigenvalue weighted by molar-refractivity contribution is -0.139. The maximum absolute atomic E-state index is 10.9. The molecule has 0 spiro atoms. The van der Waals surface area contributed by atoms with Gasteiger partial charge in [0.15, 0.2) is 0 Å². The Morgan fingerprint density at radius 3 is 3.00 bits per heavy atom. The average molecular weight is 211 g/mol. The van der Waals surface area contributed by atoms with Crippen LogP contribution in [0.25, 0.3) is 0 Å². The molecule has 0 unspecified atom stereocenters. The van der Waals surface area contributed by atoms with Gasteiger partial charge in [0.2, 0.25) is 0 Å². The van der Waals surface area contributed by atoms with Crippen LogP contribution in [0.5, 0.6) is 0 Å². The highest BCUT2D eigenvalue weighted by Gasteiger charge is 2.06. The van der Waals surface area contributed by atoms with Gasteiger partial charge in [-0.2, -0.15) is 5.26 Å². The number of carbonyl (C=O) groups excluding carboxylic acids is 1. The minimum Gasteiger partial charge on any atom is -0.469 e. The van der Waals surface area contributed by atoms with E-state index in [4.69, 9.17) is 16.9 Å². The van der Waals surface area contributed by atoms with Gasteiger partial charge in [-0.15, -0.1) is 0 Å². The molecule has 1 heterocycles. The highest BCUT2D eigenvalue weighted by atomic mass is 35.5. The Morgan fingerprint density at radius 1 is 1.71 bits per heavy atom. The van der Waals surface area contributed by atoms with E-state index in [1.165, 1.54) is 19.2 Å². The Kier molecular flexibility index (Phi) is 3.43. The molecule has 0 N–H and O–H groups in total. The van der Waals surface area contributed by atoms with Crippen molar-refractivity contribution in [2.75, 3.05) is 7.11 Å². The molecule has 0 bridgehead atoms.